The predicted octanol–water partition coefficient (Wildman–Crippen LogP) is 5.26. The second-order valence-corrected chi connectivity index (χ2v) is 8.87. The number of fused-ring (bicyclic) bond motifs is 1. The molecule has 1 amide bonds. The van der Waals surface area contributed by atoms with E-state index in [2.05, 4.69) is 26.2 Å². The molecule has 1 N–H and O–H groups in total. The van der Waals surface area contributed by atoms with Gasteiger partial charge in [0, 0.05) is 12.0 Å². The first-order valence-electron chi connectivity index (χ1n) is 8.99. The van der Waals surface area contributed by atoms with Crippen LogP contribution in [0.3, 0.4) is 0 Å². The van der Waals surface area contributed by atoms with Crippen LogP contribution >= 0.6 is 0 Å². The number of amides is 1. The molecule has 1 heterocycles. The van der Waals surface area contributed by atoms with Crippen LogP contribution < -0.4 is 5.43 Å². The highest BCUT2D eigenvalue weighted by molar-refractivity contribution is 5.87. The third-order valence-electron chi connectivity index (χ3n) is 5.09. The Morgan fingerprint density at radius 2 is 1.78 bits per heavy atom. The van der Waals surface area contributed by atoms with Crippen LogP contribution in [0.2, 0.25) is 0 Å². The molecule has 0 aromatic heterocycles. The average molecular weight is 378 g/mol. The van der Waals surface area contributed by atoms with Crippen molar-refractivity contribution in [2.45, 2.75) is 64.2 Å². The van der Waals surface area contributed by atoms with Gasteiger partial charge in [0.05, 0.1) is 0 Å². The van der Waals surface area contributed by atoms with Crippen LogP contribution in [-0.2, 0) is 10.2 Å². The van der Waals surface area contributed by atoms with E-state index in [0.29, 0.717) is 0 Å². The lowest BCUT2D eigenvalue weighted by atomic mass is 9.83. The number of rotatable bonds is 2. The average Bonchev–Trinajstić information content (AvgIpc) is 2.76. The largest absolute Gasteiger partial charge is 0.409 e. The number of hydrogen-bond acceptors (Lipinski definition) is 2. The van der Waals surface area contributed by atoms with Crippen molar-refractivity contribution >= 4 is 16.7 Å². The van der Waals surface area contributed by atoms with Crippen LogP contribution in [0.25, 0.3) is 10.8 Å². The summed E-state index contributed by atoms with van der Waals surface area (Å²) in [5.74, 6) is -0.398. The van der Waals surface area contributed by atoms with Crippen molar-refractivity contribution in [3.05, 3.63) is 47.5 Å². The Bertz CT molecular complexity index is 881. The molecule has 0 radical (unpaired) electrons. The summed E-state index contributed by atoms with van der Waals surface area (Å²) in [5.41, 5.74) is 2.57. The van der Waals surface area contributed by atoms with Crippen LogP contribution in [0.1, 0.15) is 58.2 Å². The van der Waals surface area contributed by atoms with E-state index in [9.17, 15) is 18.0 Å². The fourth-order valence-corrected chi connectivity index (χ4v) is 3.83. The minimum absolute atomic E-state index is 0.0291. The maximum absolute atomic E-state index is 14.0. The molecule has 0 bridgehead atoms. The molecule has 146 valence electrons. The smallest absolute Gasteiger partial charge is 0.287 e. The van der Waals surface area contributed by atoms with Crippen molar-refractivity contribution in [3.63, 3.8) is 0 Å². The Hall–Kier alpha value is -2.08. The molecule has 3 nitrogen and oxygen atoms in total. The summed E-state index contributed by atoms with van der Waals surface area (Å²) in [6.07, 6.45) is -4.49. The van der Waals surface area contributed by atoms with Gasteiger partial charge in [-0.1, -0.05) is 51.1 Å². The second kappa shape index (κ2) is 6.23. The maximum atomic E-state index is 14.0. The highest BCUT2D eigenvalue weighted by Crippen LogP contribution is 2.43. The van der Waals surface area contributed by atoms with E-state index in [1.165, 1.54) is 6.07 Å². The van der Waals surface area contributed by atoms with Crippen LogP contribution in [-0.4, -0.2) is 22.6 Å². The van der Waals surface area contributed by atoms with Gasteiger partial charge in [0.15, 0.2) is 6.04 Å². The Labute approximate surface area is 157 Å². The molecule has 1 saturated heterocycles. The van der Waals surface area contributed by atoms with Crippen molar-refractivity contribution in [1.82, 2.24) is 10.4 Å². The van der Waals surface area contributed by atoms with Crippen molar-refractivity contribution in [2.24, 2.45) is 0 Å². The minimum atomic E-state index is -4.52. The molecular weight excluding hydrogens is 353 g/mol. The van der Waals surface area contributed by atoms with E-state index in [4.69, 9.17) is 0 Å². The first kappa shape index (κ1) is 19.7. The van der Waals surface area contributed by atoms with Gasteiger partial charge < -0.3 is 0 Å². The lowest BCUT2D eigenvalue weighted by Crippen LogP contribution is -2.51. The van der Waals surface area contributed by atoms with E-state index in [1.54, 1.807) is 26.0 Å². The highest BCUT2D eigenvalue weighted by atomic mass is 19.4. The minimum Gasteiger partial charge on any atom is -0.287 e. The highest BCUT2D eigenvalue weighted by Gasteiger charge is 2.53. The number of nitrogens with zero attached hydrogens (tertiary/aromatic N) is 1. The van der Waals surface area contributed by atoms with Gasteiger partial charge in [-0.15, -0.1) is 0 Å². The fourth-order valence-electron chi connectivity index (χ4n) is 3.83. The third-order valence-corrected chi connectivity index (χ3v) is 5.09. The molecule has 1 unspecified atom stereocenters. The first-order chi connectivity index (χ1) is 12.3. The normalized spacial score (nSPS) is 19.3. The summed E-state index contributed by atoms with van der Waals surface area (Å²) < 4.78 is 42.0. The summed E-state index contributed by atoms with van der Waals surface area (Å²) in [4.78, 5) is 11.8. The number of halogens is 3. The summed E-state index contributed by atoms with van der Waals surface area (Å²) in [5, 5.41) is 2.75. The standard InChI is InChI=1S/C21H25F3N2O/c1-19(2,3)16-8-6-7-13-11-14(9-10-15(13)16)18(21(22,23)24)26-20(4,5)12-17(27)25-26/h6-11,18H,12H2,1-5H3,(H,25,27). The van der Waals surface area contributed by atoms with E-state index in [1.807, 2.05) is 18.2 Å². The molecule has 0 spiro atoms. The number of carbonyl (C=O) groups excluding carboxylic acids is 1. The number of alkyl halides is 3. The van der Waals surface area contributed by atoms with E-state index >= 15 is 0 Å². The van der Waals surface area contributed by atoms with Crippen LogP contribution in [0.5, 0.6) is 0 Å². The molecule has 0 saturated carbocycles. The van der Waals surface area contributed by atoms with Crippen LogP contribution in [0.15, 0.2) is 36.4 Å². The summed E-state index contributed by atoms with van der Waals surface area (Å²) in [6, 6.07) is 8.68. The number of carbonyl (C=O) groups is 1. The zero-order valence-electron chi connectivity index (χ0n) is 16.2. The third kappa shape index (κ3) is 3.68. The van der Waals surface area contributed by atoms with Gasteiger partial charge in [0.2, 0.25) is 5.91 Å². The van der Waals surface area contributed by atoms with Gasteiger partial charge in [0.25, 0.3) is 0 Å². The number of nitrogens with one attached hydrogen (secondary N) is 1. The lowest BCUT2D eigenvalue weighted by Gasteiger charge is -2.38. The van der Waals surface area contributed by atoms with Crippen LogP contribution in [0, 0.1) is 0 Å². The SMILES string of the molecule is CC(C)(C)c1cccc2cc(C(N3NC(=O)CC3(C)C)C(F)(F)F)ccc12. The second-order valence-electron chi connectivity index (χ2n) is 8.87. The van der Waals surface area contributed by atoms with Gasteiger partial charge in [-0.05, 0) is 47.2 Å². The maximum Gasteiger partial charge on any atom is 0.409 e. The molecule has 1 aliphatic rings. The quantitative estimate of drug-likeness (QED) is 0.773. The van der Waals surface area contributed by atoms with E-state index in [-0.39, 0.29) is 17.4 Å². The van der Waals surface area contributed by atoms with Gasteiger partial charge in [0.1, 0.15) is 0 Å². The molecule has 2 aromatic carbocycles. The fraction of sp³-hybridized carbons (Fsp3) is 0.476. The van der Waals surface area contributed by atoms with Gasteiger partial charge in [-0.2, -0.15) is 18.2 Å². The van der Waals surface area contributed by atoms with Crippen molar-refractivity contribution in [2.75, 3.05) is 0 Å². The molecule has 6 heteroatoms. The Morgan fingerprint density at radius 3 is 2.30 bits per heavy atom. The monoisotopic (exact) mass is 378 g/mol. The van der Waals surface area contributed by atoms with Gasteiger partial charge in [-0.25, -0.2) is 0 Å². The number of hydrogen-bond donors (Lipinski definition) is 1. The van der Waals surface area contributed by atoms with Crippen LogP contribution in [0.4, 0.5) is 13.2 Å². The zero-order valence-corrected chi connectivity index (χ0v) is 16.2. The van der Waals surface area contributed by atoms with E-state index < -0.39 is 23.7 Å². The molecule has 1 atom stereocenters. The van der Waals surface area contributed by atoms with Crippen molar-refractivity contribution < 1.29 is 18.0 Å². The molecule has 27 heavy (non-hydrogen) atoms. The molecule has 1 aliphatic heterocycles. The molecule has 2 aromatic rings. The first-order valence-corrected chi connectivity index (χ1v) is 8.99. The van der Waals surface area contributed by atoms with Gasteiger partial charge >= 0.3 is 6.18 Å². The Kier molecular flexibility index (Phi) is 4.54. The molecule has 1 fully saturated rings. The lowest BCUT2D eigenvalue weighted by molar-refractivity contribution is -0.203. The zero-order chi connectivity index (χ0) is 20.2. The topological polar surface area (TPSA) is 32.3 Å². The van der Waals surface area contributed by atoms with E-state index in [0.717, 1.165) is 21.3 Å². The van der Waals surface area contributed by atoms with Crippen molar-refractivity contribution in [3.8, 4) is 0 Å². The number of benzene rings is 2. The van der Waals surface area contributed by atoms with Crippen molar-refractivity contribution in [1.29, 1.82) is 0 Å². The summed E-state index contributed by atoms with van der Waals surface area (Å²) in [6.45, 7) is 9.52. The summed E-state index contributed by atoms with van der Waals surface area (Å²) >= 11 is 0. The van der Waals surface area contributed by atoms with Gasteiger partial charge in [-0.3, -0.25) is 10.2 Å². The Balaban J connectivity index is 2.14. The Morgan fingerprint density at radius 1 is 1.11 bits per heavy atom. The molecular formula is C21H25F3N2O. The number of hydrazine groups is 1. The molecule has 3 rings (SSSR count). The summed E-state index contributed by atoms with van der Waals surface area (Å²) in [7, 11) is 0. The predicted molar refractivity (Wildman–Crippen MR) is 100 cm³/mol. The molecule has 0 aliphatic carbocycles.